The monoisotopic (exact) mass is 359 g/mol. The predicted octanol–water partition coefficient (Wildman–Crippen LogP) is 0.716. The van der Waals surface area contributed by atoms with Gasteiger partial charge < -0.3 is 19.1 Å². The van der Waals surface area contributed by atoms with Crippen molar-refractivity contribution in [2.24, 2.45) is 11.8 Å². The highest BCUT2D eigenvalue weighted by atomic mass is 16.5. The first-order valence-electron chi connectivity index (χ1n) is 9.37. The van der Waals surface area contributed by atoms with Crippen LogP contribution in [0, 0.1) is 11.8 Å². The molecule has 0 aliphatic carbocycles. The summed E-state index contributed by atoms with van der Waals surface area (Å²) in [5.41, 5.74) is -0.287. The Bertz CT molecular complexity index is 774. The number of likely N-dealkylation sites (tertiary alicyclic amines) is 1. The van der Waals surface area contributed by atoms with Gasteiger partial charge in [0.25, 0.3) is 5.56 Å². The average molecular weight is 359 g/mol. The molecule has 3 saturated heterocycles. The molecular formula is C19H25N3O4. The van der Waals surface area contributed by atoms with E-state index in [0.29, 0.717) is 31.3 Å². The molecule has 0 radical (unpaired) electrons. The van der Waals surface area contributed by atoms with Crippen LogP contribution in [0.2, 0.25) is 0 Å². The lowest BCUT2D eigenvalue weighted by molar-refractivity contribution is -0.148. The number of ether oxygens (including phenoxy) is 1. The SMILES string of the molecule is COc1cccn(CC(=O)N2CC3CC(C2)C2CCCC(=O)N2C3)c1=O. The number of methoxy groups -OCH3 is 1. The lowest BCUT2D eigenvalue weighted by Crippen LogP contribution is -2.61. The number of carbonyl (C=O) groups excluding carboxylic acids is 2. The summed E-state index contributed by atoms with van der Waals surface area (Å²) < 4.78 is 6.45. The second-order valence-corrected chi connectivity index (χ2v) is 7.68. The summed E-state index contributed by atoms with van der Waals surface area (Å²) in [6.45, 7) is 2.15. The van der Waals surface area contributed by atoms with E-state index < -0.39 is 0 Å². The lowest BCUT2D eigenvalue weighted by atomic mass is 9.76. The number of amides is 2. The van der Waals surface area contributed by atoms with E-state index in [1.165, 1.54) is 11.7 Å². The number of piperidine rings is 3. The number of hydrogen-bond acceptors (Lipinski definition) is 4. The summed E-state index contributed by atoms with van der Waals surface area (Å²) in [5, 5.41) is 0. The number of aromatic nitrogens is 1. The molecule has 0 spiro atoms. The van der Waals surface area contributed by atoms with Gasteiger partial charge >= 0.3 is 0 Å². The van der Waals surface area contributed by atoms with Crippen LogP contribution in [-0.4, -0.2) is 59.0 Å². The number of carbonyl (C=O) groups is 2. The van der Waals surface area contributed by atoms with Crippen LogP contribution >= 0.6 is 0 Å². The molecule has 3 fully saturated rings. The predicted molar refractivity (Wildman–Crippen MR) is 94.8 cm³/mol. The van der Waals surface area contributed by atoms with Gasteiger partial charge in [-0.05, 0) is 43.2 Å². The fraction of sp³-hybridized carbons (Fsp3) is 0.632. The summed E-state index contributed by atoms with van der Waals surface area (Å²) in [6.07, 6.45) is 5.37. The minimum absolute atomic E-state index is 0.0305. The van der Waals surface area contributed by atoms with Gasteiger partial charge in [-0.3, -0.25) is 14.4 Å². The summed E-state index contributed by atoms with van der Waals surface area (Å²) in [5.74, 6) is 1.19. The van der Waals surface area contributed by atoms with Crippen LogP contribution in [0.15, 0.2) is 23.1 Å². The molecule has 4 heterocycles. The zero-order valence-electron chi connectivity index (χ0n) is 15.1. The zero-order valence-corrected chi connectivity index (χ0v) is 15.1. The van der Waals surface area contributed by atoms with E-state index in [1.54, 1.807) is 18.3 Å². The van der Waals surface area contributed by atoms with Gasteiger partial charge in [-0.25, -0.2) is 0 Å². The fourth-order valence-corrected chi connectivity index (χ4v) is 4.85. The second kappa shape index (κ2) is 6.78. The molecule has 1 aromatic rings. The van der Waals surface area contributed by atoms with Crippen LogP contribution in [0.4, 0.5) is 0 Å². The van der Waals surface area contributed by atoms with Crippen molar-refractivity contribution in [2.45, 2.75) is 38.3 Å². The Morgan fingerprint density at radius 2 is 2.12 bits per heavy atom. The number of nitrogens with zero attached hydrogens (tertiary/aromatic N) is 3. The van der Waals surface area contributed by atoms with Crippen LogP contribution in [0.3, 0.4) is 0 Å². The molecule has 4 rings (SSSR count). The largest absolute Gasteiger partial charge is 0.491 e. The van der Waals surface area contributed by atoms with Gasteiger partial charge in [-0.1, -0.05) is 0 Å². The average Bonchev–Trinajstić information content (AvgIpc) is 2.64. The van der Waals surface area contributed by atoms with E-state index in [2.05, 4.69) is 4.90 Å². The normalized spacial score (nSPS) is 27.9. The van der Waals surface area contributed by atoms with Crippen LogP contribution in [0.25, 0.3) is 0 Å². The third-order valence-electron chi connectivity index (χ3n) is 6.04. The molecule has 0 saturated carbocycles. The fourth-order valence-electron chi connectivity index (χ4n) is 4.85. The summed E-state index contributed by atoms with van der Waals surface area (Å²) >= 11 is 0. The highest BCUT2D eigenvalue weighted by Gasteiger charge is 2.44. The Morgan fingerprint density at radius 3 is 2.92 bits per heavy atom. The minimum atomic E-state index is -0.287. The molecule has 3 aliphatic rings. The van der Waals surface area contributed by atoms with Gasteiger partial charge in [0.05, 0.1) is 7.11 Å². The molecule has 7 heteroatoms. The maximum absolute atomic E-state index is 12.8. The molecule has 3 unspecified atom stereocenters. The van der Waals surface area contributed by atoms with Crippen molar-refractivity contribution in [1.82, 2.24) is 14.4 Å². The van der Waals surface area contributed by atoms with Crippen LogP contribution in [0.1, 0.15) is 25.7 Å². The summed E-state index contributed by atoms with van der Waals surface area (Å²) in [6, 6.07) is 3.59. The first-order chi connectivity index (χ1) is 12.6. The lowest BCUT2D eigenvalue weighted by Gasteiger charge is -2.52. The van der Waals surface area contributed by atoms with E-state index in [9.17, 15) is 14.4 Å². The van der Waals surface area contributed by atoms with Crippen molar-refractivity contribution in [3.05, 3.63) is 28.7 Å². The number of fused-ring (bicyclic) bond motifs is 4. The Labute approximate surface area is 152 Å². The minimum Gasteiger partial charge on any atom is -0.491 e. The van der Waals surface area contributed by atoms with Crippen molar-refractivity contribution in [2.75, 3.05) is 26.7 Å². The van der Waals surface area contributed by atoms with Gasteiger partial charge in [0, 0.05) is 38.3 Å². The van der Waals surface area contributed by atoms with Crippen molar-refractivity contribution < 1.29 is 14.3 Å². The van der Waals surface area contributed by atoms with Gasteiger partial charge in [-0.2, -0.15) is 0 Å². The van der Waals surface area contributed by atoms with Gasteiger partial charge in [0.1, 0.15) is 6.54 Å². The number of hydrogen-bond donors (Lipinski definition) is 0. The molecule has 0 aromatic carbocycles. The summed E-state index contributed by atoms with van der Waals surface area (Å²) in [4.78, 5) is 41.2. The Morgan fingerprint density at radius 1 is 1.27 bits per heavy atom. The third-order valence-corrected chi connectivity index (χ3v) is 6.04. The number of pyridine rings is 1. The molecule has 1 aromatic heterocycles. The molecule has 2 amide bonds. The number of rotatable bonds is 3. The Hall–Kier alpha value is -2.31. The van der Waals surface area contributed by atoms with Gasteiger partial charge in [-0.15, -0.1) is 0 Å². The zero-order chi connectivity index (χ0) is 18.3. The third kappa shape index (κ3) is 2.99. The Kier molecular flexibility index (Phi) is 4.46. The van der Waals surface area contributed by atoms with Crippen molar-refractivity contribution in [3.8, 4) is 5.75 Å². The highest BCUT2D eigenvalue weighted by Crippen LogP contribution is 2.37. The molecule has 2 bridgehead atoms. The molecule has 140 valence electrons. The van der Waals surface area contributed by atoms with Crippen LogP contribution in [-0.2, 0) is 16.1 Å². The quantitative estimate of drug-likeness (QED) is 0.797. The van der Waals surface area contributed by atoms with Crippen molar-refractivity contribution in [3.63, 3.8) is 0 Å². The highest BCUT2D eigenvalue weighted by molar-refractivity contribution is 5.78. The van der Waals surface area contributed by atoms with Crippen molar-refractivity contribution >= 4 is 11.8 Å². The molecule has 26 heavy (non-hydrogen) atoms. The van der Waals surface area contributed by atoms with E-state index >= 15 is 0 Å². The first-order valence-corrected chi connectivity index (χ1v) is 9.37. The Balaban J connectivity index is 1.47. The topological polar surface area (TPSA) is 71.8 Å². The molecule has 3 aliphatic heterocycles. The molecule has 0 N–H and O–H groups in total. The summed E-state index contributed by atoms with van der Waals surface area (Å²) in [7, 11) is 1.45. The van der Waals surface area contributed by atoms with E-state index in [0.717, 1.165) is 25.8 Å². The van der Waals surface area contributed by atoms with E-state index in [-0.39, 0.29) is 35.7 Å². The van der Waals surface area contributed by atoms with Crippen LogP contribution < -0.4 is 10.3 Å². The maximum Gasteiger partial charge on any atom is 0.293 e. The molecule has 3 atom stereocenters. The molecule has 7 nitrogen and oxygen atoms in total. The van der Waals surface area contributed by atoms with Gasteiger partial charge in [0.2, 0.25) is 11.8 Å². The standard InChI is InChI=1S/C19H25N3O4/c1-26-16-5-3-7-20(19(16)25)12-18(24)21-9-13-8-14(11-21)15-4-2-6-17(23)22(15)10-13/h3,5,7,13-15H,2,4,6,8-12H2,1H3. The molecular weight excluding hydrogens is 334 g/mol. The maximum atomic E-state index is 12.8. The van der Waals surface area contributed by atoms with Crippen molar-refractivity contribution in [1.29, 1.82) is 0 Å². The van der Waals surface area contributed by atoms with Crippen LogP contribution in [0.5, 0.6) is 5.75 Å². The van der Waals surface area contributed by atoms with E-state index in [1.807, 2.05) is 4.90 Å². The first kappa shape index (κ1) is 17.1. The second-order valence-electron chi connectivity index (χ2n) is 7.68. The van der Waals surface area contributed by atoms with Gasteiger partial charge in [0.15, 0.2) is 5.75 Å². The van der Waals surface area contributed by atoms with E-state index in [4.69, 9.17) is 4.74 Å². The smallest absolute Gasteiger partial charge is 0.293 e.